The quantitative estimate of drug-likeness (QED) is 0.713. The van der Waals surface area contributed by atoms with Gasteiger partial charge in [0.05, 0.1) is 16.4 Å². The summed E-state index contributed by atoms with van der Waals surface area (Å²) in [6.07, 6.45) is 1.13. The van der Waals surface area contributed by atoms with Gasteiger partial charge in [-0.25, -0.2) is 4.98 Å². The van der Waals surface area contributed by atoms with Gasteiger partial charge in [0, 0.05) is 6.54 Å². The molecule has 0 aliphatic heterocycles. The molecule has 0 aliphatic carbocycles. The number of hydrogen-bond donors (Lipinski definition) is 0. The second kappa shape index (κ2) is 5.16. The van der Waals surface area contributed by atoms with Gasteiger partial charge in [0.1, 0.15) is 5.82 Å². The Bertz CT molecular complexity index is 582. The van der Waals surface area contributed by atoms with Gasteiger partial charge >= 0.3 is 0 Å². The molecular formula is C16H23ClN2. The van der Waals surface area contributed by atoms with Gasteiger partial charge in [-0.2, -0.15) is 0 Å². The lowest BCUT2D eigenvalue weighted by molar-refractivity contribution is 0.294. The third-order valence-electron chi connectivity index (χ3n) is 3.91. The highest BCUT2D eigenvalue weighted by Crippen LogP contribution is 2.31. The minimum Gasteiger partial charge on any atom is -0.326 e. The van der Waals surface area contributed by atoms with Crippen LogP contribution >= 0.6 is 11.6 Å². The van der Waals surface area contributed by atoms with E-state index in [1.54, 1.807) is 0 Å². The molecule has 0 radical (unpaired) electrons. The molecule has 2 nitrogen and oxygen atoms in total. The average molecular weight is 279 g/mol. The van der Waals surface area contributed by atoms with E-state index in [0.29, 0.717) is 0 Å². The molecule has 0 bridgehead atoms. The summed E-state index contributed by atoms with van der Waals surface area (Å²) in [7, 11) is 0. The molecule has 0 saturated heterocycles. The number of hydrogen-bond acceptors (Lipinski definition) is 1. The summed E-state index contributed by atoms with van der Waals surface area (Å²) < 4.78 is 2.30. The average Bonchev–Trinajstić information content (AvgIpc) is 2.69. The topological polar surface area (TPSA) is 17.8 Å². The largest absolute Gasteiger partial charge is 0.326 e. The van der Waals surface area contributed by atoms with Crippen LogP contribution in [0.4, 0.5) is 0 Å². The van der Waals surface area contributed by atoms with Crippen LogP contribution < -0.4 is 0 Å². The first-order chi connectivity index (χ1) is 8.85. The predicted octanol–water partition coefficient (Wildman–Crippen LogP) is 5.08. The van der Waals surface area contributed by atoms with E-state index in [0.717, 1.165) is 24.3 Å². The molecule has 1 heterocycles. The third kappa shape index (κ3) is 2.79. The summed E-state index contributed by atoms with van der Waals surface area (Å²) in [5, 5.41) is -0.0699. The highest BCUT2D eigenvalue weighted by Gasteiger charge is 2.22. The van der Waals surface area contributed by atoms with Crippen molar-refractivity contribution >= 4 is 22.6 Å². The van der Waals surface area contributed by atoms with Crippen molar-refractivity contribution in [3.05, 3.63) is 29.6 Å². The number of imidazole rings is 1. The van der Waals surface area contributed by atoms with Gasteiger partial charge in [-0.05, 0) is 37.3 Å². The van der Waals surface area contributed by atoms with Crippen LogP contribution in [-0.2, 0) is 6.54 Å². The van der Waals surface area contributed by atoms with Crippen LogP contribution in [0.3, 0.4) is 0 Å². The molecule has 0 amide bonds. The molecule has 2 aromatic rings. The molecule has 104 valence electrons. The van der Waals surface area contributed by atoms with Crippen LogP contribution in [0.2, 0.25) is 0 Å². The van der Waals surface area contributed by atoms with Crippen LogP contribution in [0.15, 0.2) is 18.2 Å². The zero-order valence-electron chi connectivity index (χ0n) is 12.5. The molecule has 1 aromatic carbocycles. The maximum atomic E-state index is 6.32. The van der Waals surface area contributed by atoms with Gasteiger partial charge in [0.15, 0.2) is 0 Å². The molecule has 3 heteroatoms. The van der Waals surface area contributed by atoms with Crippen molar-refractivity contribution in [1.82, 2.24) is 9.55 Å². The highest BCUT2D eigenvalue weighted by molar-refractivity contribution is 6.20. The normalized spacial score (nSPS) is 14.0. The Morgan fingerprint density at radius 2 is 2.05 bits per heavy atom. The fraction of sp³-hybridized carbons (Fsp3) is 0.562. The lowest BCUT2D eigenvalue weighted by atomic mass is 9.90. The number of rotatable bonds is 4. The van der Waals surface area contributed by atoms with E-state index in [2.05, 4.69) is 50.5 Å². The summed E-state index contributed by atoms with van der Waals surface area (Å²) in [4.78, 5) is 4.76. The molecule has 0 saturated carbocycles. The highest BCUT2D eigenvalue weighted by atomic mass is 35.5. The smallest absolute Gasteiger partial charge is 0.127 e. The Morgan fingerprint density at radius 3 is 2.63 bits per heavy atom. The van der Waals surface area contributed by atoms with E-state index in [-0.39, 0.29) is 10.8 Å². The maximum absolute atomic E-state index is 6.32. The van der Waals surface area contributed by atoms with Gasteiger partial charge < -0.3 is 4.57 Å². The molecular weight excluding hydrogens is 256 g/mol. The summed E-state index contributed by atoms with van der Waals surface area (Å²) >= 11 is 6.32. The van der Waals surface area contributed by atoms with Crippen LogP contribution in [0.5, 0.6) is 0 Å². The molecule has 0 aliphatic rings. The van der Waals surface area contributed by atoms with Crippen LogP contribution in [-0.4, -0.2) is 9.55 Å². The molecule has 1 aromatic heterocycles. The Hall–Kier alpha value is -1.02. The van der Waals surface area contributed by atoms with Gasteiger partial charge in [0.25, 0.3) is 0 Å². The Morgan fingerprint density at radius 1 is 1.37 bits per heavy atom. The summed E-state index contributed by atoms with van der Waals surface area (Å²) in [5.74, 6) is 0.979. The number of nitrogens with zero attached hydrogens (tertiary/aromatic N) is 2. The number of alkyl halides is 1. The molecule has 1 atom stereocenters. The number of benzene rings is 1. The predicted molar refractivity (Wildman–Crippen MR) is 82.8 cm³/mol. The number of aryl methyl sites for hydroxylation is 1. The van der Waals surface area contributed by atoms with E-state index < -0.39 is 0 Å². The molecule has 2 rings (SSSR count). The van der Waals surface area contributed by atoms with Crippen molar-refractivity contribution in [3.8, 4) is 0 Å². The van der Waals surface area contributed by atoms with E-state index >= 15 is 0 Å². The molecule has 0 spiro atoms. The molecule has 19 heavy (non-hydrogen) atoms. The standard InChI is InChI=1S/C16H23ClN2/c1-6-16(4,5)10-19-13-9-7-8-11(2)14(13)18-15(19)12(3)17/h7-9,12H,6,10H2,1-5H3. The van der Waals surface area contributed by atoms with Gasteiger partial charge in [-0.15, -0.1) is 11.6 Å². The third-order valence-corrected chi connectivity index (χ3v) is 4.10. The Kier molecular flexibility index (Phi) is 3.91. The summed E-state index contributed by atoms with van der Waals surface area (Å²) in [5.41, 5.74) is 3.74. The second-order valence-electron chi connectivity index (χ2n) is 6.13. The van der Waals surface area contributed by atoms with Gasteiger partial charge in [-0.3, -0.25) is 0 Å². The van der Waals surface area contributed by atoms with Crippen molar-refractivity contribution < 1.29 is 0 Å². The number of halogens is 1. The first kappa shape index (κ1) is 14.4. The van der Waals surface area contributed by atoms with Crippen molar-refractivity contribution in [1.29, 1.82) is 0 Å². The van der Waals surface area contributed by atoms with E-state index in [9.17, 15) is 0 Å². The summed E-state index contributed by atoms with van der Waals surface area (Å²) in [6, 6.07) is 6.34. The second-order valence-corrected chi connectivity index (χ2v) is 6.79. The van der Waals surface area contributed by atoms with Crippen molar-refractivity contribution in [2.75, 3.05) is 0 Å². The summed E-state index contributed by atoms with van der Waals surface area (Å²) in [6.45, 7) is 11.9. The first-order valence-electron chi connectivity index (χ1n) is 6.95. The maximum Gasteiger partial charge on any atom is 0.127 e. The number of aromatic nitrogens is 2. The van der Waals surface area contributed by atoms with Gasteiger partial charge in [-0.1, -0.05) is 32.9 Å². The van der Waals surface area contributed by atoms with E-state index in [1.165, 1.54) is 11.1 Å². The minimum absolute atomic E-state index is 0.0699. The first-order valence-corrected chi connectivity index (χ1v) is 7.39. The zero-order valence-corrected chi connectivity index (χ0v) is 13.3. The van der Waals surface area contributed by atoms with Crippen LogP contribution in [0, 0.1) is 12.3 Å². The Labute approximate surface area is 120 Å². The lowest BCUT2D eigenvalue weighted by Gasteiger charge is -2.25. The molecule has 0 fully saturated rings. The van der Waals surface area contributed by atoms with E-state index in [4.69, 9.17) is 16.6 Å². The monoisotopic (exact) mass is 278 g/mol. The fourth-order valence-corrected chi connectivity index (χ4v) is 2.48. The SMILES string of the molecule is CCC(C)(C)Cn1c(C(C)Cl)nc2c(C)cccc21. The zero-order chi connectivity index (χ0) is 14.2. The van der Waals surface area contributed by atoms with Crippen LogP contribution in [0.1, 0.15) is 50.9 Å². The minimum atomic E-state index is -0.0699. The van der Waals surface area contributed by atoms with Crippen LogP contribution in [0.25, 0.3) is 11.0 Å². The van der Waals surface area contributed by atoms with Crippen molar-refractivity contribution in [2.45, 2.75) is 53.0 Å². The van der Waals surface area contributed by atoms with Gasteiger partial charge in [0.2, 0.25) is 0 Å². The van der Waals surface area contributed by atoms with E-state index in [1.807, 2.05) is 6.92 Å². The number of para-hydroxylation sites is 1. The molecule has 1 unspecified atom stereocenters. The Balaban J connectivity index is 2.62. The molecule has 0 N–H and O–H groups in total. The fourth-order valence-electron chi connectivity index (χ4n) is 2.31. The lowest BCUT2D eigenvalue weighted by Crippen LogP contribution is -2.20. The van der Waals surface area contributed by atoms with Crippen molar-refractivity contribution in [3.63, 3.8) is 0 Å². The van der Waals surface area contributed by atoms with Crippen molar-refractivity contribution in [2.24, 2.45) is 5.41 Å². The number of fused-ring (bicyclic) bond motifs is 1.